The van der Waals surface area contributed by atoms with E-state index in [9.17, 15) is 0 Å². The Hall–Kier alpha value is -0.450. The first-order valence-corrected chi connectivity index (χ1v) is 8.61. The maximum absolute atomic E-state index is 4.54. The van der Waals surface area contributed by atoms with Crippen LogP contribution in [0.15, 0.2) is 6.20 Å². The molecule has 1 aliphatic rings. The van der Waals surface area contributed by atoms with Gasteiger partial charge in [-0.2, -0.15) is 0 Å². The van der Waals surface area contributed by atoms with Crippen LogP contribution in [-0.2, 0) is 12.0 Å². The molecule has 1 aromatic rings. The Morgan fingerprint density at radius 2 is 2.05 bits per heavy atom. The minimum absolute atomic E-state index is 0.178. The van der Waals surface area contributed by atoms with Gasteiger partial charge in [0.1, 0.15) is 0 Å². The van der Waals surface area contributed by atoms with E-state index in [0.717, 1.165) is 19.0 Å². The van der Waals surface area contributed by atoms with E-state index in [1.54, 1.807) is 0 Å². The largest absolute Gasteiger partial charge is 0.312 e. The summed E-state index contributed by atoms with van der Waals surface area (Å²) in [5, 5.41) is 4.82. The van der Waals surface area contributed by atoms with Gasteiger partial charge < -0.3 is 10.2 Å². The molecule has 1 fully saturated rings. The molecule has 1 aliphatic heterocycles. The van der Waals surface area contributed by atoms with Crippen LogP contribution in [0, 0.1) is 5.92 Å². The van der Waals surface area contributed by atoms with Crippen LogP contribution >= 0.6 is 11.3 Å². The Morgan fingerprint density at radius 1 is 1.35 bits per heavy atom. The molecule has 114 valence electrons. The van der Waals surface area contributed by atoms with Crippen LogP contribution in [0.4, 0.5) is 0 Å². The molecule has 0 radical (unpaired) electrons. The number of nitrogens with one attached hydrogen (secondary N) is 1. The van der Waals surface area contributed by atoms with Crippen molar-refractivity contribution in [3.8, 4) is 0 Å². The number of hydrogen-bond donors (Lipinski definition) is 1. The molecule has 0 bridgehead atoms. The molecule has 4 heteroatoms. The smallest absolute Gasteiger partial charge is 0.0981 e. The number of hydrogen-bond acceptors (Lipinski definition) is 4. The number of likely N-dealkylation sites (tertiary alicyclic amines) is 1. The molecule has 0 aliphatic carbocycles. The summed E-state index contributed by atoms with van der Waals surface area (Å²) in [7, 11) is 2.23. The van der Waals surface area contributed by atoms with Crippen molar-refractivity contribution in [2.75, 3.05) is 26.7 Å². The molecule has 1 N–H and O–H groups in total. The molecule has 1 aromatic heterocycles. The van der Waals surface area contributed by atoms with Gasteiger partial charge in [0.05, 0.1) is 5.01 Å². The van der Waals surface area contributed by atoms with Crippen molar-refractivity contribution in [1.29, 1.82) is 0 Å². The molecule has 1 saturated heterocycles. The van der Waals surface area contributed by atoms with Crippen molar-refractivity contribution in [3.63, 3.8) is 0 Å². The molecular formula is C16H29N3S. The van der Waals surface area contributed by atoms with Gasteiger partial charge >= 0.3 is 0 Å². The quantitative estimate of drug-likeness (QED) is 0.845. The lowest BCUT2D eigenvalue weighted by molar-refractivity contribution is 0.211. The maximum atomic E-state index is 4.54. The zero-order valence-corrected chi connectivity index (χ0v) is 14.2. The second kappa shape index (κ2) is 7.01. The van der Waals surface area contributed by atoms with Gasteiger partial charge in [0.25, 0.3) is 0 Å². The van der Waals surface area contributed by atoms with Crippen LogP contribution in [0.5, 0.6) is 0 Å². The highest BCUT2D eigenvalue weighted by atomic mass is 32.1. The minimum Gasteiger partial charge on any atom is -0.312 e. The highest BCUT2D eigenvalue weighted by molar-refractivity contribution is 7.11. The summed E-state index contributed by atoms with van der Waals surface area (Å²) in [6, 6.07) is 0. The Kier molecular flexibility index (Phi) is 5.58. The van der Waals surface area contributed by atoms with Crippen molar-refractivity contribution < 1.29 is 0 Å². The molecular weight excluding hydrogens is 266 g/mol. The predicted molar refractivity (Wildman–Crippen MR) is 87.4 cm³/mol. The number of nitrogens with zero attached hydrogens (tertiary/aromatic N) is 2. The van der Waals surface area contributed by atoms with Crippen molar-refractivity contribution in [2.45, 2.75) is 52.0 Å². The van der Waals surface area contributed by atoms with E-state index in [1.807, 2.05) is 17.5 Å². The Balaban J connectivity index is 1.65. The van der Waals surface area contributed by atoms with Crippen molar-refractivity contribution >= 4 is 11.3 Å². The lowest BCUT2D eigenvalue weighted by Gasteiger charge is -2.28. The first kappa shape index (κ1) is 15.9. The van der Waals surface area contributed by atoms with Crippen LogP contribution in [0.3, 0.4) is 0 Å². The highest BCUT2D eigenvalue weighted by Crippen LogP contribution is 2.26. The fourth-order valence-electron chi connectivity index (χ4n) is 2.60. The second-order valence-electron chi connectivity index (χ2n) is 7.09. The van der Waals surface area contributed by atoms with Gasteiger partial charge in [0.15, 0.2) is 0 Å². The van der Waals surface area contributed by atoms with Crippen LogP contribution in [0.2, 0.25) is 0 Å². The van der Waals surface area contributed by atoms with Crippen LogP contribution in [-0.4, -0.2) is 36.6 Å². The molecule has 0 amide bonds. The molecule has 0 spiro atoms. The highest BCUT2D eigenvalue weighted by Gasteiger charge is 2.18. The van der Waals surface area contributed by atoms with Gasteiger partial charge in [0, 0.05) is 23.0 Å². The van der Waals surface area contributed by atoms with Crippen LogP contribution in [0.25, 0.3) is 0 Å². The van der Waals surface area contributed by atoms with Crippen LogP contribution in [0.1, 0.15) is 49.9 Å². The number of aromatic nitrogens is 1. The van der Waals surface area contributed by atoms with E-state index in [-0.39, 0.29) is 5.41 Å². The van der Waals surface area contributed by atoms with E-state index in [2.05, 4.69) is 43.0 Å². The van der Waals surface area contributed by atoms with Gasteiger partial charge in [-0.1, -0.05) is 20.8 Å². The van der Waals surface area contributed by atoms with Gasteiger partial charge in [0.2, 0.25) is 0 Å². The summed E-state index contributed by atoms with van der Waals surface area (Å²) in [5.41, 5.74) is 0.178. The Morgan fingerprint density at radius 3 is 2.65 bits per heavy atom. The average molecular weight is 295 g/mol. The molecule has 0 unspecified atom stereocenters. The number of thiazole rings is 1. The molecule has 0 aromatic carbocycles. The van der Waals surface area contributed by atoms with E-state index < -0.39 is 0 Å². The fourth-order valence-corrected chi connectivity index (χ4v) is 3.54. The van der Waals surface area contributed by atoms with E-state index in [4.69, 9.17) is 0 Å². The van der Waals surface area contributed by atoms with E-state index in [1.165, 1.54) is 42.2 Å². The SMILES string of the molecule is CN1CCC(CCNCc2cnc(C(C)(C)C)s2)CC1. The zero-order valence-electron chi connectivity index (χ0n) is 13.4. The monoisotopic (exact) mass is 295 g/mol. The lowest BCUT2D eigenvalue weighted by atomic mass is 9.94. The van der Waals surface area contributed by atoms with E-state index >= 15 is 0 Å². The predicted octanol–water partition coefficient (Wildman–Crippen LogP) is 3.26. The standard InChI is InChI=1S/C16H29N3S/c1-16(2,3)15-18-12-14(20-15)11-17-8-5-13-6-9-19(4)10-7-13/h12-13,17H,5-11H2,1-4H3. The molecule has 0 atom stereocenters. The molecule has 2 heterocycles. The topological polar surface area (TPSA) is 28.2 Å². The number of rotatable bonds is 5. The van der Waals surface area contributed by atoms with Gasteiger partial charge in [-0.25, -0.2) is 4.98 Å². The summed E-state index contributed by atoms with van der Waals surface area (Å²) in [6.45, 7) is 11.3. The molecule has 0 saturated carbocycles. The number of piperidine rings is 1. The Bertz CT molecular complexity index is 400. The third kappa shape index (κ3) is 4.83. The summed E-state index contributed by atoms with van der Waals surface area (Å²) in [4.78, 5) is 8.34. The van der Waals surface area contributed by atoms with Crippen molar-refractivity contribution in [1.82, 2.24) is 15.2 Å². The first-order chi connectivity index (χ1) is 9.45. The van der Waals surface area contributed by atoms with Gasteiger partial charge in [-0.05, 0) is 51.9 Å². The molecule has 20 heavy (non-hydrogen) atoms. The molecule has 3 nitrogen and oxygen atoms in total. The third-order valence-electron chi connectivity index (χ3n) is 4.06. The van der Waals surface area contributed by atoms with E-state index in [0.29, 0.717) is 0 Å². The normalized spacial score (nSPS) is 18.6. The summed E-state index contributed by atoms with van der Waals surface area (Å²) < 4.78 is 0. The average Bonchev–Trinajstić information content (AvgIpc) is 2.85. The maximum Gasteiger partial charge on any atom is 0.0981 e. The Labute approximate surface area is 127 Å². The molecule has 2 rings (SSSR count). The minimum atomic E-state index is 0.178. The van der Waals surface area contributed by atoms with Crippen molar-refractivity contribution in [2.24, 2.45) is 5.92 Å². The summed E-state index contributed by atoms with van der Waals surface area (Å²) in [6.07, 6.45) is 6.09. The fraction of sp³-hybridized carbons (Fsp3) is 0.812. The second-order valence-corrected chi connectivity index (χ2v) is 8.21. The third-order valence-corrected chi connectivity index (χ3v) is 5.48. The zero-order chi connectivity index (χ0) is 14.6. The van der Waals surface area contributed by atoms with Crippen LogP contribution < -0.4 is 5.32 Å². The summed E-state index contributed by atoms with van der Waals surface area (Å²) >= 11 is 1.85. The first-order valence-electron chi connectivity index (χ1n) is 7.79. The lowest BCUT2D eigenvalue weighted by Crippen LogP contribution is -2.31. The van der Waals surface area contributed by atoms with Gasteiger partial charge in [-0.15, -0.1) is 11.3 Å². The summed E-state index contributed by atoms with van der Waals surface area (Å²) in [5.74, 6) is 0.922. The van der Waals surface area contributed by atoms with Crippen molar-refractivity contribution in [3.05, 3.63) is 16.1 Å². The van der Waals surface area contributed by atoms with Gasteiger partial charge in [-0.3, -0.25) is 0 Å².